The number of rotatable bonds is 2. The van der Waals surface area contributed by atoms with E-state index in [-0.39, 0.29) is 0 Å². The van der Waals surface area contributed by atoms with Crippen molar-refractivity contribution in [3.05, 3.63) is 40.4 Å². The van der Waals surface area contributed by atoms with Gasteiger partial charge in [0.15, 0.2) is 11.6 Å². The highest BCUT2D eigenvalue weighted by molar-refractivity contribution is 6.42. The van der Waals surface area contributed by atoms with E-state index in [1.165, 1.54) is 0 Å². The van der Waals surface area contributed by atoms with Gasteiger partial charge in [-0.05, 0) is 24.3 Å². The number of nitrogen functional groups attached to an aromatic ring is 1. The topological polar surface area (TPSA) is 48.1 Å². The van der Waals surface area contributed by atoms with Crippen LogP contribution in [-0.4, -0.2) is 12.1 Å². The highest BCUT2D eigenvalue weighted by atomic mass is 35.5. The number of anilines is 1. The summed E-state index contributed by atoms with van der Waals surface area (Å²) < 4.78 is 5.04. The summed E-state index contributed by atoms with van der Waals surface area (Å²) in [6, 6.07) is 8.89. The number of halogens is 2. The zero-order valence-electron chi connectivity index (χ0n) is 9.08. The third-order valence-electron chi connectivity index (χ3n) is 2.32. The molecular formula is C12H10Cl2N2O. The molecule has 0 radical (unpaired) electrons. The van der Waals surface area contributed by atoms with E-state index >= 15 is 0 Å². The Morgan fingerprint density at radius 2 is 1.88 bits per heavy atom. The lowest BCUT2D eigenvalue weighted by atomic mass is 10.1. The van der Waals surface area contributed by atoms with Crippen LogP contribution in [0.25, 0.3) is 11.3 Å². The van der Waals surface area contributed by atoms with Gasteiger partial charge in [-0.1, -0.05) is 29.3 Å². The molecule has 0 fully saturated rings. The highest BCUT2D eigenvalue weighted by Crippen LogP contribution is 2.29. The lowest BCUT2D eigenvalue weighted by Crippen LogP contribution is -1.96. The molecule has 88 valence electrons. The van der Waals surface area contributed by atoms with Crippen molar-refractivity contribution in [2.24, 2.45) is 0 Å². The van der Waals surface area contributed by atoms with Crippen LogP contribution in [0.4, 0.5) is 5.82 Å². The van der Waals surface area contributed by atoms with Crippen LogP contribution in [0, 0.1) is 0 Å². The molecule has 17 heavy (non-hydrogen) atoms. The molecule has 0 unspecified atom stereocenters. The standard InChI is InChI=1S/C12H10Cl2N2O/c1-17-11-5-4-10(16-12(11)15)7-2-3-8(13)9(14)6-7/h2-6H,1H3,(H2,15,16). The fourth-order valence-electron chi connectivity index (χ4n) is 1.45. The average molecular weight is 269 g/mol. The monoisotopic (exact) mass is 268 g/mol. The SMILES string of the molecule is COc1ccc(-c2ccc(Cl)c(Cl)c2)nc1N. The second-order valence-electron chi connectivity index (χ2n) is 3.41. The molecule has 0 aliphatic rings. The van der Waals surface area contributed by atoms with Gasteiger partial charge in [-0.25, -0.2) is 4.98 Å². The number of aromatic nitrogens is 1. The Morgan fingerprint density at radius 1 is 1.12 bits per heavy atom. The fourth-order valence-corrected chi connectivity index (χ4v) is 1.75. The minimum Gasteiger partial charge on any atom is -0.493 e. The Morgan fingerprint density at radius 3 is 2.47 bits per heavy atom. The maximum absolute atomic E-state index is 5.95. The van der Waals surface area contributed by atoms with E-state index in [1.54, 1.807) is 25.3 Å². The van der Waals surface area contributed by atoms with Crippen LogP contribution >= 0.6 is 23.2 Å². The Kier molecular flexibility index (Phi) is 3.41. The first-order valence-electron chi connectivity index (χ1n) is 4.87. The molecule has 5 heteroatoms. The Hall–Kier alpha value is -1.45. The van der Waals surface area contributed by atoms with Gasteiger partial charge in [0.1, 0.15) is 0 Å². The van der Waals surface area contributed by atoms with E-state index in [2.05, 4.69) is 4.98 Å². The van der Waals surface area contributed by atoms with Gasteiger partial charge in [0.05, 0.1) is 22.8 Å². The molecule has 2 N–H and O–H groups in total. The molecule has 1 aromatic carbocycles. The molecule has 0 bridgehead atoms. The number of hydrogen-bond donors (Lipinski definition) is 1. The van der Waals surface area contributed by atoms with Crippen LogP contribution in [-0.2, 0) is 0 Å². The second-order valence-corrected chi connectivity index (χ2v) is 4.23. The average Bonchev–Trinajstić information content (AvgIpc) is 2.32. The summed E-state index contributed by atoms with van der Waals surface area (Å²) in [5, 5.41) is 0.997. The van der Waals surface area contributed by atoms with Crippen LogP contribution in [0.1, 0.15) is 0 Å². The number of ether oxygens (including phenoxy) is 1. The molecule has 0 saturated carbocycles. The third kappa shape index (κ3) is 2.46. The third-order valence-corrected chi connectivity index (χ3v) is 3.06. The maximum Gasteiger partial charge on any atom is 0.166 e. The zero-order valence-corrected chi connectivity index (χ0v) is 10.6. The fraction of sp³-hybridized carbons (Fsp3) is 0.0833. The normalized spacial score (nSPS) is 10.3. The Balaban J connectivity index is 2.46. The first-order chi connectivity index (χ1) is 8.11. The van der Waals surface area contributed by atoms with Crippen molar-refractivity contribution in [1.29, 1.82) is 0 Å². The number of nitrogens with zero attached hydrogens (tertiary/aromatic N) is 1. The van der Waals surface area contributed by atoms with Crippen LogP contribution in [0.3, 0.4) is 0 Å². The van der Waals surface area contributed by atoms with Gasteiger partial charge >= 0.3 is 0 Å². The van der Waals surface area contributed by atoms with Crippen molar-refractivity contribution in [2.75, 3.05) is 12.8 Å². The molecule has 1 heterocycles. The van der Waals surface area contributed by atoms with Crippen molar-refractivity contribution in [1.82, 2.24) is 4.98 Å². The van der Waals surface area contributed by atoms with Crippen LogP contribution in [0.15, 0.2) is 30.3 Å². The highest BCUT2D eigenvalue weighted by Gasteiger charge is 2.06. The van der Waals surface area contributed by atoms with Crippen molar-refractivity contribution < 1.29 is 4.74 Å². The van der Waals surface area contributed by atoms with E-state index in [1.807, 2.05) is 12.1 Å². The van der Waals surface area contributed by atoms with Gasteiger partial charge < -0.3 is 10.5 Å². The molecule has 3 nitrogen and oxygen atoms in total. The smallest absolute Gasteiger partial charge is 0.166 e. The molecule has 2 rings (SSSR count). The largest absolute Gasteiger partial charge is 0.493 e. The van der Waals surface area contributed by atoms with Crippen LogP contribution < -0.4 is 10.5 Å². The molecule has 0 aliphatic carbocycles. The molecule has 1 aromatic heterocycles. The predicted molar refractivity (Wildman–Crippen MR) is 70.7 cm³/mol. The number of nitrogens with two attached hydrogens (primary N) is 1. The van der Waals surface area contributed by atoms with E-state index < -0.39 is 0 Å². The number of hydrogen-bond acceptors (Lipinski definition) is 3. The molecule has 0 amide bonds. The maximum atomic E-state index is 5.95. The molecular weight excluding hydrogens is 259 g/mol. The van der Waals surface area contributed by atoms with Crippen LogP contribution in [0.5, 0.6) is 5.75 Å². The summed E-state index contributed by atoms with van der Waals surface area (Å²) in [6.45, 7) is 0. The van der Waals surface area contributed by atoms with E-state index in [0.29, 0.717) is 21.6 Å². The molecule has 0 aliphatic heterocycles. The summed E-state index contributed by atoms with van der Waals surface area (Å²) in [6.07, 6.45) is 0. The van der Waals surface area contributed by atoms with Crippen molar-refractivity contribution in [3.63, 3.8) is 0 Å². The lowest BCUT2D eigenvalue weighted by molar-refractivity contribution is 0.415. The van der Waals surface area contributed by atoms with Gasteiger partial charge in [-0.2, -0.15) is 0 Å². The quantitative estimate of drug-likeness (QED) is 0.905. The summed E-state index contributed by atoms with van der Waals surface area (Å²) in [7, 11) is 1.55. The van der Waals surface area contributed by atoms with Gasteiger partial charge in [-0.3, -0.25) is 0 Å². The van der Waals surface area contributed by atoms with Crippen molar-refractivity contribution in [2.45, 2.75) is 0 Å². The van der Waals surface area contributed by atoms with Gasteiger partial charge in [0.25, 0.3) is 0 Å². The number of pyridine rings is 1. The molecule has 0 atom stereocenters. The number of benzene rings is 1. The zero-order chi connectivity index (χ0) is 12.4. The van der Waals surface area contributed by atoms with Gasteiger partial charge in [0.2, 0.25) is 0 Å². The summed E-state index contributed by atoms with van der Waals surface area (Å²) in [5.74, 6) is 0.893. The molecule has 0 spiro atoms. The van der Waals surface area contributed by atoms with E-state index in [0.717, 1.165) is 11.3 Å². The first-order valence-corrected chi connectivity index (χ1v) is 5.63. The first kappa shape index (κ1) is 12.0. The minimum absolute atomic E-state index is 0.344. The molecule has 0 saturated heterocycles. The Labute approximate surface area is 109 Å². The summed E-state index contributed by atoms with van der Waals surface area (Å²) in [4.78, 5) is 4.24. The Bertz CT molecular complexity index is 558. The van der Waals surface area contributed by atoms with Crippen molar-refractivity contribution in [3.8, 4) is 17.0 Å². The summed E-state index contributed by atoms with van der Waals surface area (Å²) >= 11 is 11.8. The van der Waals surface area contributed by atoms with E-state index in [9.17, 15) is 0 Å². The minimum atomic E-state index is 0.344. The molecule has 2 aromatic rings. The van der Waals surface area contributed by atoms with Crippen LogP contribution in [0.2, 0.25) is 10.0 Å². The van der Waals surface area contributed by atoms with Gasteiger partial charge in [-0.15, -0.1) is 0 Å². The van der Waals surface area contributed by atoms with E-state index in [4.69, 9.17) is 33.7 Å². The van der Waals surface area contributed by atoms with Gasteiger partial charge in [0, 0.05) is 5.56 Å². The second kappa shape index (κ2) is 4.82. The van der Waals surface area contributed by atoms with Crippen molar-refractivity contribution >= 4 is 29.0 Å². The summed E-state index contributed by atoms with van der Waals surface area (Å²) in [5.41, 5.74) is 7.32. The lowest BCUT2D eigenvalue weighted by Gasteiger charge is -2.07. The number of methoxy groups -OCH3 is 1. The predicted octanol–water partition coefficient (Wildman–Crippen LogP) is 3.65.